The van der Waals surface area contributed by atoms with Crippen LogP contribution in [-0.4, -0.2) is 12.1 Å². The van der Waals surface area contributed by atoms with Crippen LogP contribution in [0.25, 0.3) is 11.3 Å². The molecule has 0 unspecified atom stereocenters. The van der Waals surface area contributed by atoms with E-state index >= 15 is 0 Å². The molecule has 0 bridgehead atoms. The van der Waals surface area contributed by atoms with Gasteiger partial charge in [0.25, 0.3) is 0 Å². The molecule has 3 N–H and O–H groups in total. The van der Waals surface area contributed by atoms with Crippen molar-refractivity contribution in [1.82, 2.24) is 4.98 Å². The van der Waals surface area contributed by atoms with E-state index in [2.05, 4.69) is 10.3 Å². The predicted octanol–water partition coefficient (Wildman–Crippen LogP) is 5.11. The summed E-state index contributed by atoms with van der Waals surface area (Å²) >= 11 is 7.64. The van der Waals surface area contributed by atoms with Crippen LogP contribution in [0.5, 0.6) is 5.75 Å². The highest BCUT2D eigenvalue weighted by atomic mass is 35.5. The fraction of sp³-hybridized carbons (Fsp3) is 0.118. The lowest BCUT2D eigenvalue weighted by molar-refractivity contribution is 0.417. The van der Waals surface area contributed by atoms with Crippen LogP contribution in [0, 0.1) is 6.92 Å². The minimum Gasteiger partial charge on any atom is -0.495 e. The first-order valence-electron chi connectivity index (χ1n) is 7.00. The second-order valence-electron chi connectivity index (χ2n) is 5.02. The summed E-state index contributed by atoms with van der Waals surface area (Å²) in [4.78, 5) is 5.78. The topological polar surface area (TPSA) is 60.2 Å². The number of hydrogen-bond acceptors (Lipinski definition) is 5. The van der Waals surface area contributed by atoms with Gasteiger partial charge in [0, 0.05) is 21.2 Å². The van der Waals surface area contributed by atoms with E-state index in [1.807, 2.05) is 43.3 Å². The molecule has 4 nitrogen and oxygen atoms in total. The lowest BCUT2D eigenvalue weighted by atomic mass is 10.1. The molecule has 3 aromatic rings. The molecule has 1 aromatic heterocycles. The van der Waals surface area contributed by atoms with E-state index in [1.54, 1.807) is 24.5 Å². The van der Waals surface area contributed by atoms with Crippen molar-refractivity contribution in [2.75, 3.05) is 18.2 Å². The molecule has 0 saturated heterocycles. The average Bonchev–Trinajstić information content (AvgIpc) is 2.88. The number of rotatable bonds is 4. The summed E-state index contributed by atoms with van der Waals surface area (Å²) in [5.41, 5.74) is 9.29. The Morgan fingerprint density at radius 2 is 2.04 bits per heavy atom. The van der Waals surface area contributed by atoms with Crippen LogP contribution in [0.15, 0.2) is 42.5 Å². The maximum atomic E-state index is 6.06. The Bertz CT molecular complexity index is 848. The number of aromatic nitrogens is 1. The molecule has 0 amide bonds. The number of nitrogens with one attached hydrogen (secondary N) is 1. The maximum absolute atomic E-state index is 6.06. The first-order chi connectivity index (χ1) is 11.1. The number of anilines is 3. The van der Waals surface area contributed by atoms with Gasteiger partial charge < -0.3 is 15.8 Å². The Morgan fingerprint density at radius 3 is 2.78 bits per heavy atom. The van der Waals surface area contributed by atoms with Crippen molar-refractivity contribution >= 4 is 39.4 Å². The van der Waals surface area contributed by atoms with Crippen molar-refractivity contribution in [3.63, 3.8) is 0 Å². The van der Waals surface area contributed by atoms with Crippen molar-refractivity contribution in [3.05, 3.63) is 52.4 Å². The highest BCUT2D eigenvalue weighted by molar-refractivity contribution is 7.16. The van der Waals surface area contributed by atoms with Crippen LogP contribution >= 0.6 is 22.9 Å². The molecule has 23 heavy (non-hydrogen) atoms. The molecular weight excluding hydrogens is 330 g/mol. The number of nitrogen functional groups attached to an aromatic ring is 1. The largest absolute Gasteiger partial charge is 0.495 e. The summed E-state index contributed by atoms with van der Waals surface area (Å²) in [6, 6.07) is 13.1. The van der Waals surface area contributed by atoms with Crippen LogP contribution in [0.4, 0.5) is 16.5 Å². The van der Waals surface area contributed by atoms with Crippen molar-refractivity contribution < 1.29 is 4.74 Å². The van der Waals surface area contributed by atoms with Crippen LogP contribution < -0.4 is 15.8 Å². The molecule has 0 radical (unpaired) electrons. The molecular formula is C17H16ClN3OS. The Labute approximate surface area is 143 Å². The minimum atomic E-state index is 0.637. The van der Waals surface area contributed by atoms with E-state index in [-0.39, 0.29) is 0 Å². The number of methoxy groups -OCH3 is 1. The van der Waals surface area contributed by atoms with Gasteiger partial charge >= 0.3 is 0 Å². The quantitative estimate of drug-likeness (QED) is 0.645. The van der Waals surface area contributed by atoms with Gasteiger partial charge in [-0.1, -0.05) is 23.7 Å². The second-order valence-corrected chi connectivity index (χ2v) is 6.66. The number of ether oxygens (including phenoxy) is 1. The van der Waals surface area contributed by atoms with E-state index < -0.39 is 0 Å². The van der Waals surface area contributed by atoms with E-state index in [4.69, 9.17) is 22.1 Å². The summed E-state index contributed by atoms with van der Waals surface area (Å²) < 4.78 is 5.35. The predicted molar refractivity (Wildman–Crippen MR) is 98.0 cm³/mol. The molecule has 118 valence electrons. The lowest BCUT2D eigenvalue weighted by Gasteiger charge is -2.09. The molecule has 3 rings (SSSR count). The minimum absolute atomic E-state index is 0.637. The van der Waals surface area contributed by atoms with Gasteiger partial charge in [0.05, 0.1) is 18.5 Å². The second kappa shape index (κ2) is 6.48. The molecule has 6 heteroatoms. The number of nitrogens with zero attached hydrogens (tertiary/aromatic N) is 1. The zero-order valence-electron chi connectivity index (χ0n) is 12.8. The molecule has 0 saturated carbocycles. The van der Waals surface area contributed by atoms with Crippen LogP contribution in [0.3, 0.4) is 0 Å². The monoisotopic (exact) mass is 345 g/mol. The Balaban J connectivity index is 1.94. The number of hydrogen-bond donors (Lipinski definition) is 2. The SMILES string of the molecule is COc1ccc(Cl)cc1Nc1nc(-c2cccc(N)c2)c(C)s1. The fourth-order valence-corrected chi connectivity index (χ4v) is 3.32. The Hall–Kier alpha value is -2.24. The van der Waals surface area contributed by atoms with Gasteiger partial charge in [-0.15, -0.1) is 11.3 Å². The summed E-state index contributed by atoms with van der Waals surface area (Å²) in [6.45, 7) is 2.04. The van der Waals surface area contributed by atoms with E-state index in [0.717, 1.165) is 32.6 Å². The number of thiazole rings is 1. The molecule has 2 aromatic carbocycles. The van der Waals surface area contributed by atoms with Gasteiger partial charge in [0.15, 0.2) is 5.13 Å². The van der Waals surface area contributed by atoms with Crippen molar-refractivity contribution in [2.24, 2.45) is 0 Å². The molecule has 0 fully saturated rings. The third kappa shape index (κ3) is 3.41. The van der Waals surface area contributed by atoms with Crippen molar-refractivity contribution in [3.8, 4) is 17.0 Å². The number of nitrogens with two attached hydrogens (primary N) is 1. The zero-order valence-corrected chi connectivity index (χ0v) is 14.3. The smallest absolute Gasteiger partial charge is 0.188 e. The average molecular weight is 346 g/mol. The third-order valence-corrected chi connectivity index (χ3v) is 4.48. The van der Waals surface area contributed by atoms with Gasteiger partial charge in [-0.3, -0.25) is 0 Å². The van der Waals surface area contributed by atoms with Gasteiger partial charge in [-0.25, -0.2) is 4.98 Å². The highest BCUT2D eigenvalue weighted by Crippen LogP contribution is 2.35. The fourth-order valence-electron chi connectivity index (χ4n) is 2.30. The van der Waals surface area contributed by atoms with Gasteiger partial charge in [-0.05, 0) is 37.3 Å². The molecule has 0 aliphatic rings. The first-order valence-corrected chi connectivity index (χ1v) is 8.20. The molecule has 0 aliphatic carbocycles. The zero-order chi connectivity index (χ0) is 16.4. The maximum Gasteiger partial charge on any atom is 0.188 e. The Kier molecular flexibility index (Phi) is 4.41. The summed E-state index contributed by atoms with van der Waals surface area (Å²) in [6.07, 6.45) is 0. The molecule has 1 heterocycles. The van der Waals surface area contributed by atoms with E-state index in [1.165, 1.54) is 0 Å². The molecule has 0 spiro atoms. The van der Waals surface area contributed by atoms with Gasteiger partial charge in [-0.2, -0.15) is 0 Å². The van der Waals surface area contributed by atoms with Crippen LogP contribution in [0.1, 0.15) is 4.88 Å². The van der Waals surface area contributed by atoms with Crippen LogP contribution in [-0.2, 0) is 0 Å². The van der Waals surface area contributed by atoms with E-state index in [0.29, 0.717) is 10.8 Å². The Morgan fingerprint density at radius 1 is 1.22 bits per heavy atom. The van der Waals surface area contributed by atoms with Gasteiger partial charge in [0.2, 0.25) is 0 Å². The van der Waals surface area contributed by atoms with Crippen molar-refractivity contribution in [2.45, 2.75) is 6.92 Å². The summed E-state index contributed by atoms with van der Waals surface area (Å²) in [7, 11) is 1.62. The standard InChI is InChI=1S/C17H16ClN3OS/c1-10-16(11-4-3-5-13(19)8-11)21-17(23-10)20-14-9-12(18)6-7-15(14)22-2/h3-9H,19H2,1-2H3,(H,20,21). The summed E-state index contributed by atoms with van der Waals surface area (Å²) in [5.74, 6) is 0.716. The van der Waals surface area contributed by atoms with E-state index in [9.17, 15) is 0 Å². The molecule has 0 atom stereocenters. The van der Waals surface area contributed by atoms with Gasteiger partial charge in [0.1, 0.15) is 5.75 Å². The number of halogens is 1. The number of benzene rings is 2. The highest BCUT2D eigenvalue weighted by Gasteiger charge is 2.12. The lowest BCUT2D eigenvalue weighted by Crippen LogP contribution is -1.94. The normalized spacial score (nSPS) is 10.6. The van der Waals surface area contributed by atoms with Crippen molar-refractivity contribution in [1.29, 1.82) is 0 Å². The third-order valence-electron chi connectivity index (χ3n) is 3.36. The summed E-state index contributed by atoms with van der Waals surface area (Å²) in [5, 5.41) is 4.69. The molecule has 0 aliphatic heterocycles. The number of aryl methyl sites for hydroxylation is 1. The first kappa shape index (κ1) is 15.6. The van der Waals surface area contributed by atoms with Crippen LogP contribution in [0.2, 0.25) is 5.02 Å².